The van der Waals surface area contributed by atoms with Crippen molar-refractivity contribution < 1.29 is 0 Å². The van der Waals surface area contributed by atoms with Gasteiger partial charge in [-0.15, -0.1) is 0 Å². The molecule has 0 spiro atoms. The van der Waals surface area contributed by atoms with Crippen LogP contribution in [0.4, 0.5) is 0 Å². The lowest BCUT2D eigenvalue weighted by atomic mass is 9.71. The molecule has 1 aliphatic carbocycles. The van der Waals surface area contributed by atoms with Gasteiger partial charge in [-0.25, -0.2) is 0 Å². The van der Waals surface area contributed by atoms with Crippen LogP contribution in [0.25, 0.3) is 0 Å². The van der Waals surface area contributed by atoms with Crippen molar-refractivity contribution in [1.82, 2.24) is 0 Å². The average Bonchev–Trinajstić information content (AvgIpc) is 2.23. The summed E-state index contributed by atoms with van der Waals surface area (Å²) >= 11 is 0. The van der Waals surface area contributed by atoms with Gasteiger partial charge in [-0.1, -0.05) is 48.0 Å². The van der Waals surface area contributed by atoms with Crippen molar-refractivity contribution in [3.8, 4) is 0 Å². The highest BCUT2D eigenvalue weighted by Gasteiger charge is 2.34. The van der Waals surface area contributed by atoms with Gasteiger partial charge in [0.2, 0.25) is 0 Å². The molecule has 1 saturated carbocycles. The molecule has 90 valence electrons. The summed E-state index contributed by atoms with van der Waals surface area (Å²) in [5.74, 6) is 3.63. The van der Waals surface area contributed by atoms with Crippen LogP contribution in [0.2, 0.25) is 0 Å². The summed E-state index contributed by atoms with van der Waals surface area (Å²) < 4.78 is 0. The van der Waals surface area contributed by atoms with Crippen molar-refractivity contribution in [3.05, 3.63) is 0 Å². The maximum atomic E-state index is 2.46. The Morgan fingerprint density at radius 2 is 1.47 bits per heavy atom. The molecule has 0 saturated heterocycles. The summed E-state index contributed by atoms with van der Waals surface area (Å²) in [6.07, 6.45) is 5.77. The van der Waals surface area contributed by atoms with Crippen molar-refractivity contribution in [3.63, 3.8) is 0 Å². The highest BCUT2D eigenvalue weighted by atomic mass is 14.4. The molecule has 1 fully saturated rings. The number of hydrogen-bond donors (Lipinski definition) is 0. The molecule has 0 N–H and O–H groups in total. The van der Waals surface area contributed by atoms with E-state index in [1.165, 1.54) is 25.7 Å². The first-order chi connectivity index (χ1) is 6.83. The molecule has 0 bridgehead atoms. The fraction of sp³-hybridized carbons (Fsp3) is 1.00. The van der Waals surface area contributed by atoms with Crippen LogP contribution in [0.5, 0.6) is 0 Å². The Bertz CT molecular complexity index is 188. The van der Waals surface area contributed by atoms with Gasteiger partial charge >= 0.3 is 0 Å². The van der Waals surface area contributed by atoms with Gasteiger partial charge in [0.05, 0.1) is 0 Å². The molecule has 0 amide bonds. The van der Waals surface area contributed by atoms with Crippen LogP contribution < -0.4 is 0 Å². The molecule has 0 heteroatoms. The molecule has 0 radical (unpaired) electrons. The summed E-state index contributed by atoms with van der Waals surface area (Å²) in [4.78, 5) is 0. The minimum Gasteiger partial charge on any atom is -0.0625 e. The van der Waals surface area contributed by atoms with Crippen LogP contribution in [0, 0.1) is 29.1 Å². The lowest BCUT2D eigenvalue weighted by Gasteiger charge is -2.35. The second kappa shape index (κ2) is 4.89. The Hall–Kier alpha value is 0. The fourth-order valence-electron chi connectivity index (χ4n) is 3.48. The zero-order valence-electron chi connectivity index (χ0n) is 11.6. The van der Waals surface area contributed by atoms with E-state index in [2.05, 4.69) is 41.5 Å². The van der Waals surface area contributed by atoms with E-state index >= 15 is 0 Å². The summed E-state index contributed by atoms with van der Waals surface area (Å²) in [5.41, 5.74) is 0.582. The quantitative estimate of drug-likeness (QED) is 0.554. The number of hydrogen-bond acceptors (Lipinski definition) is 0. The third-order valence-electron chi connectivity index (χ3n) is 4.44. The fourth-order valence-corrected chi connectivity index (χ4v) is 3.48. The molecule has 2 atom stereocenters. The van der Waals surface area contributed by atoms with Gasteiger partial charge in [0, 0.05) is 0 Å². The van der Waals surface area contributed by atoms with E-state index in [0.29, 0.717) is 5.41 Å². The van der Waals surface area contributed by atoms with Crippen molar-refractivity contribution in [2.45, 2.75) is 67.2 Å². The second-order valence-electron chi connectivity index (χ2n) is 7.08. The van der Waals surface area contributed by atoms with Crippen LogP contribution in [-0.2, 0) is 0 Å². The molecule has 0 aromatic rings. The maximum absolute atomic E-state index is 2.46. The van der Waals surface area contributed by atoms with Gasteiger partial charge in [-0.05, 0) is 48.3 Å². The highest BCUT2D eigenvalue weighted by molar-refractivity contribution is 4.85. The Morgan fingerprint density at radius 1 is 0.933 bits per heavy atom. The zero-order chi connectivity index (χ0) is 11.6. The van der Waals surface area contributed by atoms with Crippen LogP contribution in [0.1, 0.15) is 67.2 Å². The van der Waals surface area contributed by atoms with Gasteiger partial charge in [-0.2, -0.15) is 0 Å². The van der Waals surface area contributed by atoms with Crippen molar-refractivity contribution >= 4 is 0 Å². The normalized spacial score (nSPS) is 32.0. The van der Waals surface area contributed by atoms with E-state index in [9.17, 15) is 0 Å². The second-order valence-corrected chi connectivity index (χ2v) is 7.08. The van der Waals surface area contributed by atoms with Gasteiger partial charge in [-0.3, -0.25) is 0 Å². The smallest absolute Gasteiger partial charge is 0.0351 e. The first-order valence-electron chi connectivity index (χ1n) is 6.83. The molecule has 15 heavy (non-hydrogen) atoms. The Kier molecular flexibility index (Phi) is 4.26. The lowest BCUT2D eigenvalue weighted by Crippen LogP contribution is -2.26. The minimum atomic E-state index is 0.582. The van der Waals surface area contributed by atoms with E-state index in [0.717, 1.165) is 23.7 Å². The van der Waals surface area contributed by atoms with E-state index in [1.807, 2.05) is 0 Å². The predicted molar refractivity (Wildman–Crippen MR) is 68.9 cm³/mol. The first-order valence-corrected chi connectivity index (χ1v) is 6.83. The van der Waals surface area contributed by atoms with E-state index in [1.54, 1.807) is 0 Å². The summed E-state index contributed by atoms with van der Waals surface area (Å²) in [7, 11) is 0. The summed E-state index contributed by atoms with van der Waals surface area (Å²) in [6.45, 7) is 14.6. The zero-order valence-corrected chi connectivity index (χ0v) is 11.6. The molecule has 1 aliphatic rings. The van der Waals surface area contributed by atoms with Crippen molar-refractivity contribution in [2.24, 2.45) is 29.1 Å². The third-order valence-corrected chi connectivity index (χ3v) is 4.44. The predicted octanol–water partition coefficient (Wildman–Crippen LogP) is 5.13. The Labute approximate surface area is 96.8 Å². The van der Waals surface area contributed by atoms with E-state index in [-0.39, 0.29) is 0 Å². The molecular formula is C15H30. The molecular weight excluding hydrogens is 180 g/mol. The molecule has 1 rings (SSSR count). The number of rotatable bonds is 2. The van der Waals surface area contributed by atoms with Gasteiger partial charge < -0.3 is 0 Å². The lowest BCUT2D eigenvalue weighted by molar-refractivity contribution is 0.148. The molecule has 2 unspecified atom stereocenters. The molecule has 0 heterocycles. The maximum Gasteiger partial charge on any atom is -0.0351 e. The van der Waals surface area contributed by atoms with E-state index < -0.39 is 0 Å². The van der Waals surface area contributed by atoms with Crippen LogP contribution in [-0.4, -0.2) is 0 Å². The van der Waals surface area contributed by atoms with Crippen LogP contribution in [0.3, 0.4) is 0 Å². The third kappa shape index (κ3) is 3.50. The largest absolute Gasteiger partial charge is 0.0625 e. The van der Waals surface area contributed by atoms with E-state index in [4.69, 9.17) is 0 Å². The monoisotopic (exact) mass is 210 g/mol. The Morgan fingerprint density at radius 3 is 1.93 bits per heavy atom. The molecule has 0 aliphatic heterocycles. The standard InChI is InChI=1S/C15H30/c1-11(2)13-8-7-9-15(5,6)10-14(13)12(3)4/h11-14H,7-10H2,1-6H3. The van der Waals surface area contributed by atoms with Crippen LogP contribution >= 0.6 is 0 Å². The van der Waals surface area contributed by atoms with Gasteiger partial charge in [0.1, 0.15) is 0 Å². The van der Waals surface area contributed by atoms with Gasteiger partial charge in [0.25, 0.3) is 0 Å². The molecule has 0 nitrogen and oxygen atoms in total. The molecule has 0 aromatic heterocycles. The van der Waals surface area contributed by atoms with Crippen LogP contribution in [0.15, 0.2) is 0 Å². The summed E-state index contributed by atoms with van der Waals surface area (Å²) in [6, 6.07) is 0. The van der Waals surface area contributed by atoms with Crippen molar-refractivity contribution in [1.29, 1.82) is 0 Å². The SMILES string of the molecule is CC(C)C1CCCC(C)(C)CC1C(C)C. The highest BCUT2D eigenvalue weighted by Crippen LogP contribution is 2.45. The van der Waals surface area contributed by atoms with Crippen molar-refractivity contribution in [2.75, 3.05) is 0 Å². The topological polar surface area (TPSA) is 0 Å². The minimum absolute atomic E-state index is 0.582. The average molecular weight is 210 g/mol. The Balaban J connectivity index is 2.80. The van der Waals surface area contributed by atoms with Gasteiger partial charge in [0.15, 0.2) is 0 Å². The molecule has 0 aromatic carbocycles. The summed E-state index contributed by atoms with van der Waals surface area (Å²) in [5, 5.41) is 0. The first kappa shape index (κ1) is 13.1.